The average Bonchev–Trinajstić information content (AvgIpc) is 3.06. The number of ether oxygens (including phenoxy) is 1. The molecule has 0 aromatic carbocycles. The van der Waals surface area contributed by atoms with Gasteiger partial charge in [0.2, 0.25) is 0 Å². The van der Waals surface area contributed by atoms with E-state index in [1.54, 1.807) is 7.11 Å². The molecule has 1 unspecified atom stereocenters. The van der Waals surface area contributed by atoms with E-state index in [1.807, 2.05) is 0 Å². The van der Waals surface area contributed by atoms with Crippen molar-refractivity contribution in [3.8, 4) is 0 Å². The van der Waals surface area contributed by atoms with Crippen LogP contribution in [0, 0.1) is 11.3 Å². The highest BCUT2D eigenvalue weighted by molar-refractivity contribution is 5.75. The van der Waals surface area contributed by atoms with Crippen LogP contribution < -0.4 is 5.32 Å². The SMILES string of the molecule is COCCC1(CNC(=O)N2CCC(C(F)(F)F)C2(C)C)CCCC1. The molecule has 1 aliphatic heterocycles. The molecule has 24 heavy (non-hydrogen) atoms. The normalized spacial score (nSPS) is 25.9. The molecule has 2 aliphatic rings. The van der Waals surface area contributed by atoms with Crippen LogP contribution in [0.3, 0.4) is 0 Å². The minimum absolute atomic E-state index is 0.0268. The summed E-state index contributed by atoms with van der Waals surface area (Å²) in [4.78, 5) is 13.9. The van der Waals surface area contributed by atoms with Crippen molar-refractivity contribution in [2.75, 3.05) is 26.8 Å². The Kier molecular flexibility index (Phi) is 5.72. The van der Waals surface area contributed by atoms with Crippen LogP contribution in [-0.4, -0.2) is 49.5 Å². The fourth-order valence-corrected chi connectivity index (χ4v) is 4.33. The third-order valence-corrected chi connectivity index (χ3v) is 5.95. The molecule has 0 aromatic heterocycles. The number of halogens is 3. The average molecular weight is 350 g/mol. The molecule has 2 rings (SSSR count). The molecule has 1 saturated carbocycles. The summed E-state index contributed by atoms with van der Waals surface area (Å²) < 4.78 is 44.6. The second-order valence-corrected chi connectivity index (χ2v) is 7.80. The maximum atomic E-state index is 13.2. The lowest BCUT2D eigenvalue weighted by molar-refractivity contribution is -0.189. The summed E-state index contributed by atoms with van der Waals surface area (Å²) in [6, 6.07) is -0.379. The van der Waals surface area contributed by atoms with Crippen molar-refractivity contribution in [2.45, 2.75) is 64.1 Å². The zero-order valence-electron chi connectivity index (χ0n) is 14.8. The number of nitrogens with zero attached hydrogens (tertiary/aromatic N) is 1. The fourth-order valence-electron chi connectivity index (χ4n) is 4.33. The number of carbonyl (C=O) groups is 1. The van der Waals surface area contributed by atoms with Gasteiger partial charge in [0.05, 0.1) is 11.5 Å². The molecule has 0 aromatic rings. The number of carbonyl (C=O) groups excluding carboxylic acids is 1. The molecule has 1 atom stereocenters. The third kappa shape index (κ3) is 3.98. The maximum absolute atomic E-state index is 13.2. The maximum Gasteiger partial charge on any atom is 0.394 e. The number of rotatable bonds is 5. The van der Waals surface area contributed by atoms with Crippen LogP contribution in [0.5, 0.6) is 0 Å². The summed E-state index contributed by atoms with van der Waals surface area (Å²) in [6.45, 7) is 4.32. The van der Waals surface area contributed by atoms with Crippen molar-refractivity contribution in [1.29, 1.82) is 0 Å². The lowest BCUT2D eigenvalue weighted by Gasteiger charge is -2.38. The van der Waals surface area contributed by atoms with Gasteiger partial charge < -0.3 is 15.0 Å². The lowest BCUT2D eigenvalue weighted by Crippen LogP contribution is -2.54. The Bertz CT molecular complexity index is 446. The Hall–Kier alpha value is -0.980. The van der Waals surface area contributed by atoms with Crippen molar-refractivity contribution < 1.29 is 22.7 Å². The van der Waals surface area contributed by atoms with E-state index < -0.39 is 17.6 Å². The Morgan fingerprint density at radius 2 is 1.92 bits per heavy atom. The van der Waals surface area contributed by atoms with E-state index in [2.05, 4.69) is 5.32 Å². The van der Waals surface area contributed by atoms with Crippen LogP contribution >= 0.6 is 0 Å². The first kappa shape index (κ1) is 19.3. The van der Waals surface area contributed by atoms with E-state index in [-0.39, 0.29) is 24.4 Å². The molecule has 0 bridgehead atoms. The van der Waals surface area contributed by atoms with Gasteiger partial charge in [-0.1, -0.05) is 12.8 Å². The van der Waals surface area contributed by atoms with Gasteiger partial charge in [0.25, 0.3) is 0 Å². The number of methoxy groups -OCH3 is 1. The number of alkyl halides is 3. The van der Waals surface area contributed by atoms with Gasteiger partial charge in [0.1, 0.15) is 0 Å². The number of nitrogens with one attached hydrogen (secondary N) is 1. The van der Waals surface area contributed by atoms with E-state index in [1.165, 1.54) is 18.7 Å². The minimum atomic E-state index is -4.27. The lowest BCUT2D eigenvalue weighted by atomic mass is 9.83. The van der Waals surface area contributed by atoms with Crippen LogP contribution in [-0.2, 0) is 4.74 Å². The Balaban J connectivity index is 1.97. The Labute approximate surface area is 142 Å². The van der Waals surface area contributed by atoms with E-state index in [4.69, 9.17) is 4.74 Å². The fraction of sp³-hybridized carbons (Fsp3) is 0.941. The second kappa shape index (κ2) is 7.10. The topological polar surface area (TPSA) is 41.6 Å². The number of urea groups is 1. The Morgan fingerprint density at radius 1 is 1.29 bits per heavy atom. The van der Waals surface area contributed by atoms with Crippen LogP contribution in [0.2, 0.25) is 0 Å². The van der Waals surface area contributed by atoms with Crippen molar-refractivity contribution in [2.24, 2.45) is 11.3 Å². The van der Waals surface area contributed by atoms with Gasteiger partial charge in [-0.2, -0.15) is 13.2 Å². The largest absolute Gasteiger partial charge is 0.394 e. The van der Waals surface area contributed by atoms with E-state index in [9.17, 15) is 18.0 Å². The molecule has 1 N–H and O–H groups in total. The summed E-state index contributed by atoms with van der Waals surface area (Å²) in [5.41, 5.74) is -1.18. The van der Waals surface area contributed by atoms with E-state index in [0.29, 0.717) is 13.2 Å². The molecule has 1 saturated heterocycles. The molecule has 2 amide bonds. The van der Waals surface area contributed by atoms with Crippen molar-refractivity contribution in [3.05, 3.63) is 0 Å². The molecule has 0 radical (unpaired) electrons. The first-order valence-electron chi connectivity index (χ1n) is 8.73. The molecule has 4 nitrogen and oxygen atoms in total. The smallest absolute Gasteiger partial charge is 0.385 e. The first-order valence-corrected chi connectivity index (χ1v) is 8.73. The van der Waals surface area contributed by atoms with Crippen LogP contribution in [0.15, 0.2) is 0 Å². The predicted octanol–water partition coefficient (Wildman–Crippen LogP) is 3.96. The van der Waals surface area contributed by atoms with Crippen molar-refractivity contribution in [3.63, 3.8) is 0 Å². The summed E-state index contributed by atoms with van der Waals surface area (Å²) in [5.74, 6) is -1.47. The molecular formula is C17H29F3N2O2. The molecular weight excluding hydrogens is 321 g/mol. The van der Waals surface area contributed by atoms with Gasteiger partial charge in [0.15, 0.2) is 0 Å². The molecule has 0 spiro atoms. The van der Waals surface area contributed by atoms with Gasteiger partial charge in [0, 0.05) is 26.8 Å². The molecule has 1 heterocycles. The van der Waals surface area contributed by atoms with Crippen LogP contribution in [0.1, 0.15) is 52.4 Å². The summed E-state index contributed by atoms with van der Waals surface area (Å²) in [6.07, 6.45) is 0.896. The third-order valence-electron chi connectivity index (χ3n) is 5.95. The first-order chi connectivity index (χ1) is 11.1. The minimum Gasteiger partial charge on any atom is -0.385 e. The highest BCUT2D eigenvalue weighted by atomic mass is 19.4. The highest BCUT2D eigenvalue weighted by Crippen LogP contribution is 2.45. The van der Waals surface area contributed by atoms with Gasteiger partial charge in [-0.25, -0.2) is 4.79 Å². The van der Waals surface area contributed by atoms with Crippen LogP contribution in [0.4, 0.5) is 18.0 Å². The number of amides is 2. The van der Waals surface area contributed by atoms with E-state index >= 15 is 0 Å². The van der Waals surface area contributed by atoms with Crippen molar-refractivity contribution >= 4 is 6.03 Å². The molecule has 7 heteroatoms. The van der Waals surface area contributed by atoms with Crippen molar-refractivity contribution in [1.82, 2.24) is 10.2 Å². The summed E-state index contributed by atoms with van der Waals surface area (Å²) >= 11 is 0. The van der Waals surface area contributed by atoms with Crippen LogP contribution in [0.25, 0.3) is 0 Å². The van der Waals surface area contributed by atoms with Gasteiger partial charge in [-0.05, 0) is 44.9 Å². The predicted molar refractivity (Wildman–Crippen MR) is 85.7 cm³/mol. The summed E-state index contributed by atoms with van der Waals surface area (Å²) in [7, 11) is 1.66. The zero-order chi connectivity index (χ0) is 18.0. The number of hydrogen-bond acceptors (Lipinski definition) is 2. The van der Waals surface area contributed by atoms with E-state index in [0.717, 1.165) is 32.1 Å². The summed E-state index contributed by atoms with van der Waals surface area (Å²) in [5, 5.41) is 2.91. The second-order valence-electron chi connectivity index (χ2n) is 7.80. The highest BCUT2D eigenvalue weighted by Gasteiger charge is 2.56. The molecule has 1 aliphatic carbocycles. The quantitative estimate of drug-likeness (QED) is 0.815. The molecule has 140 valence electrons. The standard InChI is InChI=1S/C17H29F3N2O2/c1-15(2)13(17(18,19)20)6-10-22(15)14(23)21-12-16(9-11-24-3)7-4-5-8-16/h13H,4-12H2,1-3H3,(H,21,23). The Morgan fingerprint density at radius 3 is 2.42 bits per heavy atom. The number of hydrogen-bond donors (Lipinski definition) is 1. The monoisotopic (exact) mass is 350 g/mol. The van der Waals surface area contributed by atoms with Gasteiger partial charge in [-0.3, -0.25) is 0 Å². The zero-order valence-corrected chi connectivity index (χ0v) is 14.8. The van der Waals surface area contributed by atoms with Gasteiger partial charge in [-0.15, -0.1) is 0 Å². The van der Waals surface area contributed by atoms with Gasteiger partial charge >= 0.3 is 12.2 Å². The number of likely N-dealkylation sites (tertiary alicyclic amines) is 1. The molecule has 2 fully saturated rings.